The van der Waals surface area contributed by atoms with Crippen molar-refractivity contribution in [3.8, 4) is 0 Å². The highest BCUT2D eigenvalue weighted by atomic mass is 32.2. The van der Waals surface area contributed by atoms with Gasteiger partial charge in [0.1, 0.15) is 0 Å². The van der Waals surface area contributed by atoms with Crippen LogP contribution in [0, 0.1) is 6.92 Å². The third-order valence-electron chi connectivity index (χ3n) is 1.87. The lowest BCUT2D eigenvalue weighted by molar-refractivity contribution is 0.113. The van der Waals surface area contributed by atoms with Gasteiger partial charge in [-0.15, -0.1) is 0 Å². The standard InChI is InChI=1S/C11H16O2S/c1-9-3-2-4-10(5-9)7-14-8-11(13)6-12/h2-5,11-13H,6-8H2,1H3. The van der Waals surface area contributed by atoms with Crippen LogP contribution in [0.25, 0.3) is 0 Å². The second-order valence-electron chi connectivity index (χ2n) is 3.34. The van der Waals surface area contributed by atoms with E-state index in [2.05, 4.69) is 25.1 Å². The average molecular weight is 212 g/mol. The molecule has 0 radical (unpaired) electrons. The Morgan fingerprint density at radius 2 is 2.21 bits per heavy atom. The molecule has 1 aromatic rings. The number of benzene rings is 1. The van der Waals surface area contributed by atoms with Crippen LogP contribution < -0.4 is 0 Å². The highest BCUT2D eigenvalue weighted by molar-refractivity contribution is 7.98. The molecule has 2 nitrogen and oxygen atoms in total. The molecule has 0 amide bonds. The van der Waals surface area contributed by atoms with Gasteiger partial charge < -0.3 is 10.2 Å². The van der Waals surface area contributed by atoms with Crippen molar-refractivity contribution < 1.29 is 10.2 Å². The van der Waals surface area contributed by atoms with Crippen molar-refractivity contribution in [2.75, 3.05) is 12.4 Å². The topological polar surface area (TPSA) is 40.5 Å². The minimum Gasteiger partial charge on any atom is -0.394 e. The maximum absolute atomic E-state index is 9.12. The zero-order valence-electron chi connectivity index (χ0n) is 8.31. The first-order chi connectivity index (χ1) is 6.72. The minimum absolute atomic E-state index is 0.152. The predicted octanol–water partition coefficient (Wildman–Crippen LogP) is 1.58. The van der Waals surface area contributed by atoms with E-state index in [-0.39, 0.29) is 6.61 Å². The minimum atomic E-state index is -0.593. The lowest BCUT2D eigenvalue weighted by Crippen LogP contribution is -2.14. The number of aliphatic hydroxyl groups excluding tert-OH is 2. The summed E-state index contributed by atoms with van der Waals surface area (Å²) in [7, 11) is 0. The fraction of sp³-hybridized carbons (Fsp3) is 0.455. The van der Waals surface area contributed by atoms with Crippen LogP contribution in [0.4, 0.5) is 0 Å². The van der Waals surface area contributed by atoms with Gasteiger partial charge >= 0.3 is 0 Å². The van der Waals surface area contributed by atoms with E-state index in [1.807, 2.05) is 6.07 Å². The van der Waals surface area contributed by atoms with Gasteiger partial charge in [-0.3, -0.25) is 0 Å². The Morgan fingerprint density at radius 1 is 1.43 bits per heavy atom. The fourth-order valence-electron chi connectivity index (χ4n) is 1.17. The second-order valence-corrected chi connectivity index (χ2v) is 4.37. The van der Waals surface area contributed by atoms with E-state index in [4.69, 9.17) is 10.2 Å². The van der Waals surface area contributed by atoms with Gasteiger partial charge in [0.05, 0.1) is 12.7 Å². The van der Waals surface area contributed by atoms with Crippen molar-refractivity contribution in [3.63, 3.8) is 0 Å². The van der Waals surface area contributed by atoms with Crippen LogP contribution in [-0.2, 0) is 5.75 Å². The Balaban J connectivity index is 2.31. The summed E-state index contributed by atoms with van der Waals surface area (Å²) in [6.07, 6.45) is -0.593. The largest absolute Gasteiger partial charge is 0.394 e. The molecule has 1 atom stereocenters. The molecule has 0 fully saturated rings. The molecule has 78 valence electrons. The van der Waals surface area contributed by atoms with Crippen LogP contribution in [-0.4, -0.2) is 28.7 Å². The van der Waals surface area contributed by atoms with Crippen molar-refractivity contribution in [1.29, 1.82) is 0 Å². The maximum atomic E-state index is 9.12. The predicted molar refractivity (Wildman–Crippen MR) is 60.4 cm³/mol. The van der Waals surface area contributed by atoms with E-state index in [0.29, 0.717) is 5.75 Å². The summed E-state index contributed by atoms with van der Waals surface area (Å²) >= 11 is 1.64. The molecule has 1 aromatic carbocycles. The Kier molecular flexibility index (Phi) is 5.01. The van der Waals surface area contributed by atoms with Crippen LogP contribution >= 0.6 is 11.8 Å². The summed E-state index contributed by atoms with van der Waals surface area (Å²) in [6.45, 7) is 1.91. The van der Waals surface area contributed by atoms with Gasteiger partial charge in [-0.2, -0.15) is 11.8 Å². The molecule has 3 heteroatoms. The average Bonchev–Trinajstić information content (AvgIpc) is 2.17. The highest BCUT2D eigenvalue weighted by Gasteiger charge is 2.01. The number of aryl methyl sites for hydroxylation is 1. The molecule has 0 spiro atoms. The van der Waals surface area contributed by atoms with E-state index in [9.17, 15) is 0 Å². The Labute approximate surface area is 89.0 Å². The van der Waals surface area contributed by atoms with Gasteiger partial charge in [0, 0.05) is 11.5 Å². The number of rotatable bonds is 5. The fourth-order valence-corrected chi connectivity index (χ4v) is 2.08. The Morgan fingerprint density at radius 3 is 2.86 bits per heavy atom. The zero-order valence-corrected chi connectivity index (χ0v) is 9.13. The van der Waals surface area contributed by atoms with E-state index in [1.165, 1.54) is 11.1 Å². The van der Waals surface area contributed by atoms with Crippen molar-refractivity contribution in [2.45, 2.75) is 18.8 Å². The lowest BCUT2D eigenvalue weighted by Gasteiger charge is -2.06. The van der Waals surface area contributed by atoms with Crippen LogP contribution in [0.2, 0.25) is 0 Å². The highest BCUT2D eigenvalue weighted by Crippen LogP contribution is 2.14. The summed E-state index contributed by atoms with van der Waals surface area (Å²) in [5.74, 6) is 1.48. The molecule has 0 saturated heterocycles. The Bertz CT molecular complexity index is 276. The van der Waals surface area contributed by atoms with Gasteiger partial charge in [-0.1, -0.05) is 29.8 Å². The van der Waals surface area contributed by atoms with Crippen LogP contribution in [0.1, 0.15) is 11.1 Å². The SMILES string of the molecule is Cc1cccc(CSCC(O)CO)c1. The monoisotopic (exact) mass is 212 g/mol. The molecule has 0 aliphatic rings. The molecule has 0 aliphatic heterocycles. The van der Waals surface area contributed by atoms with Crippen LogP contribution in [0.5, 0.6) is 0 Å². The van der Waals surface area contributed by atoms with Gasteiger partial charge in [-0.05, 0) is 12.5 Å². The maximum Gasteiger partial charge on any atom is 0.0861 e. The van der Waals surface area contributed by atoms with Crippen LogP contribution in [0.3, 0.4) is 0 Å². The van der Waals surface area contributed by atoms with Crippen molar-refractivity contribution >= 4 is 11.8 Å². The summed E-state index contributed by atoms with van der Waals surface area (Å²) in [6, 6.07) is 8.31. The number of thioether (sulfide) groups is 1. The molecular formula is C11H16O2S. The molecular weight excluding hydrogens is 196 g/mol. The van der Waals surface area contributed by atoms with E-state index < -0.39 is 6.10 Å². The first-order valence-electron chi connectivity index (χ1n) is 4.64. The molecule has 1 rings (SSSR count). The van der Waals surface area contributed by atoms with Gasteiger partial charge in [0.25, 0.3) is 0 Å². The first kappa shape index (κ1) is 11.6. The first-order valence-corrected chi connectivity index (χ1v) is 5.80. The molecule has 2 N–H and O–H groups in total. The number of aliphatic hydroxyl groups is 2. The van der Waals surface area contributed by atoms with Crippen molar-refractivity contribution in [1.82, 2.24) is 0 Å². The number of hydrogen-bond acceptors (Lipinski definition) is 3. The quantitative estimate of drug-likeness (QED) is 0.778. The summed E-state index contributed by atoms with van der Waals surface area (Å²) in [4.78, 5) is 0. The zero-order chi connectivity index (χ0) is 10.4. The summed E-state index contributed by atoms with van der Waals surface area (Å²) in [5, 5.41) is 17.7. The molecule has 0 aliphatic carbocycles. The third kappa shape index (κ3) is 4.13. The van der Waals surface area contributed by atoms with E-state index in [1.54, 1.807) is 11.8 Å². The summed E-state index contributed by atoms with van der Waals surface area (Å²) in [5.41, 5.74) is 2.52. The van der Waals surface area contributed by atoms with Gasteiger partial charge in [-0.25, -0.2) is 0 Å². The van der Waals surface area contributed by atoms with Crippen molar-refractivity contribution in [2.24, 2.45) is 0 Å². The van der Waals surface area contributed by atoms with Crippen LogP contribution in [0.15, 0.2) is 24.3 Å². The Hall–Kier alpha value is -0.510. The smallest absolute Gasteiger partial charge is 0.0861 e. The molecule has 14 heavy (non-hydrogen) atoms. The third-order valence-corrected chi connectivity index (χ3v) is 3.03. The van der Waals surface area contributed by atoms with E-state index >= 15 is 0 Å². The van der Waals surface area contributed by atoms with E-state index in [0.717, 1.165) is 5.75 Å². The summed E-state index contributed by atoms with van der Waals surface area (Å²) < 4.78 is 0. The molecule has 1 unspecified atom stereocenters. The molecule has 0 heterocycles. The normalized spacial score (nSPS) is 12.8. The lowest BCUT2D eigenvalue weighted by atomic mass is 10.2. The molecule has 0 bridgehead atoms. The van der Waals surface area contributed by atoms with Gasteiger partial charge in [0.2, 0.25) is 0 Å². The van der Waals surface area contributed by atoms with Gasteiger partial charge in [0.15, 0.2) is 0 Å². The second kappa shape index (κ2) is 6.06. The molecule has 0 aromatic heterocycles. The van der Waals surface area contributed by atoms with Crippen molar-refractivity contribution in [3.05, 3.63) is 35.4 Å². The molecule has 0 saturated carbocycles. The number of hydrogen-bond donors (Lipinski definition) is 2.